The molecule has 5 aliphatic rings. The smallest absolute Gasteiger partial charge is 0.0711 e. The maximum atomic E-state index is 11.2. The van der Waals surface area contributed by atoms with E-state index in [9.17, 15) is 5.11 Å². The molecule has 6 bridgehead atoms. The first-order valence-electron chi connectivity index (χ1n) is 7.32. The first-order chi connectivity index (χ1) is 7.59. The molecule has 5 fully saturated rings. The predicted octanol–water partition coefficient (Wildman–Crippen LogP) is 3.08. The highest BCUT2D eigenvalue weighted by molar-refractivity contribution is 5.14. The van der Waals surface area contributed by atoms with Crippen molar-refractivity contribution in [1.29, 1.82) is 0 Å². The average Bonchev–Trinajstić information content (AvgIpc) is 2.23. The van der Waals surface area contributed by atoms with Gasteiger partial charge < -0.3 is 5.11 Å². The van der Waals surface area contributed by atoms with Gasteiger partial charge in [-0.3, -0.25) is 0 Å². The Balaban J connectivity index is 1.82. The highest BCUT2D eigenvalue weighted by Crippen LogP contribution is 2.67. The van der Waals surface area contributed by atoms with Crippen molar-refractivity contribution in [2.45, 2.75) is 51.6 Å². The van der Waals surface area contributed by atoms with Gasteiger partial charge in [0.1, 0.15) is 0 Å². The topological polar surface area (TPSA) is 20.2 Å². The Labute approximate surface area is 98.6 Å². The van der Waals surface area contributed by atoms with Gasteiger partial charge in [0, 0.05) is 0 Å². The maximum absolute atomic E-state index is 11.2. The molecule has 5 aliphatic carbocycles. The summed E-state index contributed by atoms with van der Waals surface area (Å²) in [6, 6.07) is 0. The quantitative estimate of drug-likeness (QED) is 0.665. The van der Waals surface area contributed by atoms with Gasteiger partial charge in [-0.15, -0.1) is 0 Å². The summed E-state index contributed by atoms with van der Waals surface area (Å²) in [4.78, 5) is 0. The van der Waals surface area contributed by atoms with Crippen LogP contribution < -0.4 is 0 Å². The van der Waals surface area contributed by atoms with Gasteiger partial charge in [0.15, 0.2) is 0 Å². The summed E-state index contributed by atoms with van der Waals surface area (Å²) in [5, 5.41) is 11.2. The molecule has 5 saturated carbocycles. The van der Waals surface area contributed by atoms with Crippen LogP contribution >= 0.6 is 0 Å². The fourth-order valence-electron chi connectivity index (χ4n) is 6.41. The molecule has 16 heavy (non-hydrogen) atoms. The minimum atomic E-state index is -0.255. The summed E-state index contributed by atoms with van der Waals surface area (Å²) < 4.78 is 0. The fourth-order valence-corrected chi connectivity index (χ4v) is 6.41. The van der Waals surface area contributed by atoms with Crippen LogP contribution in [0.4, 0.5) is 0 Å². The molecule has 0 spiro atoms. The zero-order valence-corrected chi connectivity index (χ0v) is 10.5. The van der Waals surface area contributed by atoms with Gasteiger partial charge in [-0.05, 0) is 73.5 Å². The first-order valence-corrected chi connectivity index (χ1v) is 7.32. The molecule has 0 radical (unpaired) electrons. The second-order valence-corrected chi connectivity index (χ2v) is 7.51. The van der Waals surface area contributed by atoms with E-state index in [1.807, 2.05) is 0 Å². The molecule has 0 aromatic carbocycles. The van der Waals surface area contributed by atoms with Crippen LogP contribution in [0, 0.1) is 41.4 Å². The average molecular weight is 220 g/mol. The van der Waals surface area contributed by atoms with Crippen LogP contribution in [0.5, 0.6) is 0 Å². The maximum Gasteiger partial charge on any atom is 0.0711 e. The van der Waals surface area contributed by atoms with E-state index in [0.717, 1.165) is 36.0 Å². The summed E-state index contributed by atoms with van der Waals surface area (Å²) in [6.45, 7) is 4.79. The lowest BCUT2D eigenvalue weighted by Crippen LogP contribution is -2.67. The Bertz CT molecular complexity index is 315. The summed E-state index contributed by atoms with van der Waals surface area (Å²) in [6.07, 6.45) is 6.68. The second kappa shape index (κ2) is 2.85. The van der Waals surface area contributed by atoms with Gasteiger partial charge in [-0.1, -0.05) is 13.8 Å². The van der Waals surface area contributed by atoms with Crippen LogP contribution in [0.15, 0.2) is 0 Å². The van der Waals surface area contributed by atoms with E-state index in [-0.39, 0.29) is 5.60 Å². The molecule has 1 N–H and O–H groups in total. The van der Waals surface area contributed by atoms with Crippen LogP contribution in [0.2, 0.25) is 0 Å². The van der Waals surface area contributed by atoms with Gasteiger partial charge in [0.2, 0.25) is 0 Å². The van der Waals surface area contributed by atoms with Gasteiger partial charge >= 0.3 is 0 Å². The van der Waals surface area contributed by atoms with Crippen LogP contribution in [-0.4, -0.2) is 10.7 Å². The first kappa shape index (κ1) is 9.94. The Morgan fingerprint density at radius 3 is 2.50 bits per heavy atom. The number of hydrogen-bond donors (Lipinski definition) is 1. The molecule has 90 valence electrons. The summed E-state index contributed by atoms with van der Waals surface area (Å²) in [5.74, 6) is 5.70. The minimum absolute atomic E-state index is 0.255. The Kier molecular flexibility index (Phi) is 1.77. The number of hydrogen-bond acceptors (Lipinski definition) is 1. The molecular formula is C15H24O. The van der Waals surface area contributed by atoms with Crippen LogP contribution in [0.3, 0.4) is 0 Å². The van der Waals surface area contributed by atoms with Gasteiger partial charge in [-0.25, -0.2) is 0 Å². The van der Waals surface area contributed by atoms with E-state index in [0.29, 0.717) is 11.8 Å². The van der Waals surface area contributed by atoms with Crippen molar-refractivity contribution in [3.05, 3.63) is 0 Å². The lowest BCUT2D eigenvalue weighted by Gasteiger charge is -2.68. The number of aliphatic hydroxyl groups is 1. The van der Waals surface area contributed by atoms with E-state index in [2.05, 4.69) is 13.8 Å². The molecule has 0 aliphatic heterocycles. The van der Waals surface area contributed by atoms with Gasteiger partial charge in [0.05, 0.1) is 5.60 Å². The third-order valence-corrected chi connectivity index (χ3v) is 6.79. The van der Waals surface area contributed by atoms with E-state index >= 15 is 0 Å². The molecule has 0 saturated heterocycles. The predicted molar refractivity (Wildman–Crippen MR) is 63.8 cm³/mol. The Morgan fingerprint density at radius 1 is 0.938 bits per heavy atom. The van der Waals surface area contributed by atoms with Crippen LogP contribution in [-0.2, 0) is 0 Å². The molecule has 8 atom stereocenters. The third kappa shape index (κ3) is 0.978. The Morgan fingerprint density at radius 2 is 1.69 bits per heavy atom. The van der Waals surface area contributed by atoms with Crippen LogP contribution in [0.1, 0.15) is 46.0 Å². The zero-order valence-electron chi connectivity index (χ0n) is 10.5. The van der Waals surface area contributed by atoms with Gasteiger partial charge in [0.25, 0.3) is 0 Å². The van der Waals surface area contributed by atoms with E-state index < -0.39 is 0 Å². The molecule has 0 aromatic heterocycles. The van der Waals surface area contributed by atoms with E-state index in [4.69, 9.17) is 0 Å². The van der Waals surface area contributed by atoms with Crippen molar-refractivity contribution in [2.24, 2.45) is 41.4 Å². The molecule has 5 rings (SSSR count). The van der Waals surface area contributed by atoms with Crippen LogP contribution in [0.25, 0.3) is 0 Å². The summed E-state index contributed by atoms with van der Waals surface area (Å²) in [7, 11) is 0. The molecule has 0 heterocycles. The van der Waals surface area contributed by atoms with Crippen molar-refractivity contribution in [1.82, 2.24) is 0 Å². The summed E-state index contributed by atoms with van der Waals surface area (Å²) >= 11 is 0. The molecule has 0 amide bonds. The highest BCUT2D eigenvalue weighted by Gasteiger charge is 2.65. The van der Waals surface area contributed by atoms with E-state index in [1.165, 1.54) is 25.7 Å². The lowest BCUT2D eigenvalue weighted by atomic mass is 9.39. The monoisotopic (exact) mass is 220 g/mol. The molecule has 1 heteroatoms. The molecule has 0 aromatic rings. The summed E-state index contributed by atoms with van der Waals surface area (Å²) in [5.41, 5.74) is -0.255. The van der Waals surface area contributed by atoms with Crippen molar-refractivity contribution in [3.8, 4) is 0 Å². The molecular weight excluding hydrogens is 196 g/mol. The lowest BCUT2D eigenvalue weighted by molar-refractivity contribution is -0.253. The highest BCUT2D eigenvalue weighted by atomic mass is 16.3. The largest absolute Gasteiger partial charge is 0.389 e. The molecule has 1 nitrogen and oxygen atoms in total. The third-order valence-electron chi connectivity index (χ3n) is 6.79. The van der Waals surface area contributed by atoms with Crippen molar-refractivity contribution in [3.63, 3.8) is 0 Å². The second-order valence-electron chi connectivity index (χ2n) is 7.51. The molecule has 8 unspecified atom stereocenters. The van der Waals surface area contributed by atoms with Crippen molar-refractivity contribution < 1.29 is 5.11 Å². The Hall–Kier alpha value is -0.0400. The number of rotatable bonds is 0. The fraction of sp³-hybridized carbons (Fsp3) is 1.00. The van der Waals surface area contributed by atoms with Crippen molar-refractivity contribution >= 4 is 0 Å². The SMILES string of the molecule is CC1CC2C3CC4CC(C3C)C(O)(C1)C2C4. The standard InChI is InChI=1S/C15H24O/c1-8-3-12-11-4-10-5-13(9(11)2)15(16,7-8)14(12)6-10/h8-14,16H,3-7H2,1-2H3. The van der Waals surface area contributed by atoms with Crippen molar-refractivity contribution in [2.75, 3.05) is 0 Å². The minimum Gasteiger partial charge on any atom is -0.389 e. The zero-order chi connectivity index (χ0) is 11.1. The normalized spacial score (nSPS) is 67.3. The van der Waals surface area contributed by atoms with E-state index in [1.54, 1.807) is 0 Å². The van der Waals surface area contributed by atoms with Gasteiger partial charge in [-0.2, -0.15) is 0 Å².